The minimum absolute atomic E-state index is 0.222. The summed E-state index contributed by atoms with van der Waals surface area (Å²) in [4.78, 5) is 11.9. The van der Waals surface area contributed by atoms with Crippen LogP contribution in [0, 0.1) is 5.41 Å². The van der Waals surface area contributed by atoms with Crippen LogP contribution in [0.15, 0.2) is 11.0 Å². The summed E-state index contributed by atoms with van der Waals surface area (Å²) in [6.45, 7) is 6.89. The van der Waals surface area contributed by atoms with Crippen LogP contribution >= 0.6 is 11.6 Å². The topological polar surface area (TPSA) is 46.9 Å². The Bertz CT molecular complexity index is 495. The van der Waals surface area contributed by atoms with Crippen molar-refractivity contribution in [2.75, 3.05) is 5.32 Å². The molecule has 1 saturated carbocycles. The van der Waals surface area contributed by atoms with Gasteiger partial charge in [0, 0.05) is 12.6 Å². The molecular weight excluding hydrogens is 250 g/mol. The minimum Gasteiger partial charge on any atom is -0.379 e. The second-order valence-corrected chi connectivity index (χ2v) is 5.95. The molecule has 1 heterocycles. The Morgan fingerprint density at radius 2 is 2.33 bits per heavy atom. The summed E-state index contributed by atoms with van der Waals surface area (Å²) in [5.74, 6) is 0. The van der Waals surface area contributed by atoms with Gasteiger partial charge in [-0.15, -0.1) is 0 Å². The maximum atomic E-state index is 11.9. The van der Waals surface area contributed by atoms with E-state index in [9.17, 15) is 4.79 Å². The molecular formula is C13H20ClN3O. The molecule has 1 aliphatic rings. The van der Waals surface area contributed by atoms with Crippen molar-refractivity contribution >= 4 is 17.3 Å². The van der Waals surface area contributed by atoms with Crippen molar-refractivity contribution in [1.29, 1.82) is 0 Å². The van der Waals surface area contributed by atoms with Crippen LogP contribution < -0.4 is 10.9 Å². The van der Waals surface area contributed by atoms with Gasteiger partial charge in [0.25, 0.3) is 5.56 Å². The highest BCUT2D eigenvalue weighted by molar-refractivity contribution is 6.32. The number of rotatable bonds is 3. The first-order valence-electron chi connectivity index (χ1n) is 6.48. The zero-order valence-corrected chi connectivity index (χ0v) is 11.9. The van der Waals surface area contributed by atoms with Gasteiger partial charge in [0.2, 0.25) is 0 Å². The Labute approximate surface area is 112 Å². The van der Waals surface area contributed by atoms with Crippen molar-refractivity contribution in [3.63, 3.8) is 0 Å². The van der Waals surface area contributed by atoms with Crippen molar-refractivity contribution in [2.24, 2.45) is 5.41 Å². The Morgan fingerprint density at radius 1 is 1.61 bits per heavy atom. The first kappa shape index (κ1) is 13.4. The molecule has 1 N–H and O–H groups in total. The molecule has 0 aliphatic heterocycles. The van der Waals surface area contributed by atoms with E-state index in [2.05, 4.69) is 24.3 Å². The summed E-state index contributed by atoms with van der Waals surface area (Å²) >= 11 is 6.11. The molecule has 0 saturated heterocycles. The molecule has 2 rings (SSSR count). The lowest BCUT2D eigenvalue weighted by Gasteiger charge is -2.28. The van der Waals surface area contributed by atoms with Gasteiger partial charge in [0.05, 0.1) is 11.9 Å². The number of anilines is 1. The number of hydrogen-bond donors (Lipinski definition) is 1. The van der Waals surface area contributed by atoms with E-state index in [1.165, 1.54) is 17.5 Å². The highest BCUT2D eigenvalue weighted by Gasteiger charge is 2.34. The molecule has 1 unspecified atom stereocenters. The van der Waals surface area contributed by atoms with Crippen molar-refractivity contribution < 1.29 is 0 Å². The average Bonchev–Trinajstić information content (AvgIpc) is 2.65. The molecule has 5 heteroatoms. The van der Waals surface area contributed by atoms with Crippen LogP contribution in [0.2, 0.25) is 5.02 Å². The highest BCUT2D eigenvalue weighted by Crippen LogP contribution is 2.39. The third kappa shape index (κ3) is 2.39. The van der Waals surface area contributed by atoms with Gasteiger partial charge in [-0.1, -0.05) is 31.9 Å². The molecule has 100 valence electrons. The lowest BCUT2D eigenvalue weighted by Crippen LogP contribution is -2.32. The lowest BCUT2D eigenvalue weighted by atomic mass is 9.87. The lowest BCUT2D eigenvalue weighted by molar-refractivity contribution is 0.350. The highest BCUT2D eigenvalue weighted by atomic mass is 35.5. The van der Waals surface area contributed by atoms with Crippen LogP contribution in [0.3, 0.4) is 0 Å². The van der Waals surface area contributed by atoms with Crippen LogP contribution in [0.4, 0.5) is 5.69 Å². The maximum Gasteiger partial charge on any atom is 0.287 e. The third-order valence-electron chi connectivity index (χ3n) is 3.87. The minimum atomic E-state index is -0.222. The van der Waals surface area contributed by atoms with E-state index in [1.54, 1.807) is 6.20 Å². The second-order valence-electron chi connectivity index (χ2n) is 5.57. The van der Waals surface area contributed by atoms with Gasteiger partial charge >= 0.3 is 0 Å². The zero-order valence-electron chi connectivity index (χ0n) is 11.2. The van der Waals surface area contributed by atoms with Crippen LogP contribution in [-0.4, -0.2) is 15.8 Å². The summed E-state index contributed by atoms with van der Waals surface area (Å²) in [5.41, 5.74) is 0.675. The summed E-state index contributed by atoms with van der Waals surface area (Å²) in [6.07, 6.45) is 5.17. The van der Waals surface area contributed by atoms with Crippen LogP contribution in [0.1, 0.15) is 40.0 Å². The Hall–Kier alpha value is -1.03. The third-order valence-corrected chi connectivity index (χ3v) is 4.24. The summed E-state index contributed by atoms with van der Waals surface area (Å²) in [7, 11) is 0. The van der Waals surface area contributed by atoms with E-state index in [1.807, 2.05) is 6.92 Å². The predicted molar refractivity (Wildman–Crippen MR) is 74.2 cm³/mol. The monoisotopic (exact) mass is 269 g/mol. The van der Waals surface area contributed by atoms with Gasteiger partial charge in [0.1, 0.15) is 5.02 Å². The fourth-order valence-electron chi connectivity index (χ4n) is 2.57. The molecule has 0 spiro atoms. The van der Waals surface area contributed by atoms with E-state index in [0.29, 0.717) is 18.3 Å². The van der Waals surface area contributed by atoms with Crippen LogP contribution in [0.5, 0.6) is 0 Å². The zero-order chi connectivity index (χ0) is 13.3. The van der Waals surface area contributed by atoms with Crippen molar-refractivity contribution in [3.05, 3.63) is 21.6 Å². The SMILES string of the molecule is CCn1ncc(NC2CCCC2(C)C)c(Cl)c1=O. The first-order valence-corrected chi connectivity index (χ1v) is 6.85. The van der Waals surface area contributed by atoms with Gasteiger partial charge in [-0.3, -0.25) is 4.79 Å². The largest absolute Gasteiger partial charge is 0.379 e. The molecule has 0 bridgehead atoms. The molecule has 1 aromatic rings. The van der Waals surface area contributed by atoms with Crippen molar-refractivity contribution in [3.8, 4) is 0 Å². The van der Waals surface area contributed by atoms with E-state index >= 15 is 0 Å². The van der Waals surface area contributed by atoms with Gasteiger partial charge in [-0.25, -0.2) is 4.68 Å². The van der Waals surface area contributed by atoms with E-state index in [0.717, 1.165) is 6.42 Å². The molecule has 1 aliphatic carbocycles. The second kappa shape index (κ2) is 4.92. The Morgan fingerprint density at radius 3 is 2.89 bits per heavy atom. The van der Waals surface area contributed by atoms with E-state index in [-0.39, 0.29) is 16.0 Å². The fourth-order valence-corrected chi connectivity index (χ4v) is 2.77. The number of aromatic nitrogens is 2. The Balaban J connectivity index is 2.25. The average molecular weight is 270 g/mol. The van der Waals surface area contributed by atoms with Crippen LogP contribution in [0.25, 0.3) is 0 Å². The number of nitrogens with one attached hydrogen (secondary N) is 1. The molecule has 4 nitrogen and oxygen atoms in total. The number of nitrogens with zero attached hydrogens (tertiary/aromatic N) is 2. The van der Waals surface area contributed by atoms with E-state index in [4.69, 9.17) is 11.6 Å². The Kier molecular flexibility index (Phi) is 3.66. The molecule has 1 aromatic heterocycles. The molecule has 0 aromatic carbocycles. The smallest absolute Gasteiger partial charge is 0.287 e. The summed E-state index contributed by atoms with van der Waals surface area (Å²) in [5, 5.41) is 7.73. The van der Waals surface area contributed by atoms with Crippen molar-refractivity contribution in [2.45, 2.75) is 52.6 Å². The first-order chi connectivity index (χ1) is 8.45. The van der Waals surface area contributed by atoms with Gasteiger partial charge in [0.15, 0.2) is 0 Å². The van der Waals surface area contributed by atoms with Gasteiger partial charge in [-0.05, 0) is 25.2 Å². The molecule has 0 radical (unpaired) electrons. The standard InChI is InChI=1S/C13H20ClN3O/c1-4-17-12(18)11(14)9(8-15-17)16-10-6-5-7-13(10,2)3/h8,10,16H,4-7H2,1-3H3. The normalized spacial score (nSPS) is 22.1. The van der Waals surface area contributed by atoms with Crippen molar-refractivity contribution in [1.82, 2.24) is 9.78 Å². The molecule has 0 amide bonds. The number of aryl methyl sites for hydroxylation is 1. The molecule has 1 fully saturated rings. The van der Waals surface area contributed by atoms with Gasteiger partial charge < -0.3 is 5.32 Å². The predicted octanol–water partition coefficient (Wildman–Crippen LogP) is 2.91. The number of halogens is 1. The molecule has 18 heavy (non-hydrogen) atoms. The van der Waals surface area contributed by atoms with Gasteiger partial charge in [-0.2, -0.15) is 5.10 Å². The summed E-state index contributed by atoms with van der Waals surface area (Å²) in [6, 6.07) is 0.355. The number of hydrogen-bond acceptors (Lipinski definition) is 3. The van der Waals surface area contributed by atoms with Crippen LogP contribution in [-0.2, 0) is 6.54 Å². The fraction of sp³-hybridized carbons (Fsp3) is 0.692. The quantitative estimate of drug-likeness (QED) is 0.918. The maximum absolute atomic E-state index is 11.9. The molecule has 1 atom stereocenters. The summed E-state index contributed by atoms with van der Waals surface area (Å²) < 4.78 is 1.37. The van der Waals surface area contributed by atoms with E-state index < -0.39 is 0 Å².